The number of rotatable bonds is 25. The third kappa shape index (κ3) is 24.9. The first-order valence-corrected chi connectivity index (χ1v) is 15.3. The fourth-order valence-corrected chi connectivity index (χ4v) is 4.85. The molecular formula is C26H57NO5P+. The lowest BCUT2D eigenvalue weighted by atomic mass is 10.0. The summed E-state index contributed by atoms with van der Waals surface area (Å²) in [6.07, 6.45) is 22.3. The van der Waals surface area contributed by atoms with Gasteiger partial charge in [-0.1, -0.05) is 116 Å². The maximum Gasteiger partial charge on any atom is 0.472 e. The fourth-order valence-electron chi connectivity index (χ4n) is 3.92. The van der Waals surface area contributed by atoms with Crippen molar-refractivity contribution < 1.29 is 28.1 Å². The average Bonchev–Trinajstić information content (AvgIpc) is 2.73. The van der Waals surface area contributed by atoms with Gasteiger partial charge in [0.05, 0.1) is 33.9 Å². The molecule has 0 radical (unpaired) electrons. The number of nitrogens with zero attached hydrogens (tertiary/aromatic N) is 1. The van der Waals surface area contributed by atoms with E-state index in [4.69, 9.17) is 9.05 Å². The zero-order chi connectivity index (χ0) is 24.8. The summed E-state index contributed by atoms with van der Waals surface area (Å²) >= 11 is 0. The zero-order valence-corrected chi connectivity index (χ0v) is 23.3. The Labute approximate surface area is 205 Å². The van der Waals surface area contributed by atoms with Crippen molar-refractivity contribution in [3.05, 3.63) is 0 Å². The number of quaternary nitrogens is 1. The number of hydrogen-bond acceptors (Lipinski definition) is 4. The number of aliphatic hydroxyl groups excluding tert-OH is 1. The molecule has 0 amide bonds. The normalized spacial score (nSPS) is 15.0. The predicted molar refractivity (Wildman–Crippen MR) is 139 cm³/mol. The highest BCUT2D eigenvalue weighted by Gasteiger charge is 2.27. The van der Waals surface area contributed by atoms with Crippen LogP contribution in [0.3, 0.4) is 0 Å². The van der Waals surface area contributed by atoms with E-state index in [2.05, 4.69) is 6.92 Å². The summed E-state index contributed by atoms with van der Waals surface area (Å²) in [4.78, 5) is 9.85. The molecule has 0 aromatic heterocycles. The molecule has 0 fully saturated rings. The van der Waals surface area contributed by atoms with E-state index < -0.39 is 13.9 Å². The van der Waals surface area contributed by atoms with Crippen LogP contribution in [0.2, 0.25) is 0 Å². The van der Waals surface area contributed by atoms with Crippen molar-refractivity contribution in [2.45, 2.75) is 129 Å². The summed E-state index contributed by atoms with van der Waals surface area (Å²) < 4.78 is 22.9. The number of phosphoric ester groups is 1. The van der Waals surface area contributed by atoms with Crippen LogP contribution in [-0.4, -0.2) is 61.5 Å². The molecule has 0 aromatic rings. The van der Waals surface area contributed by atoms with Crippen LogP contribution in [-0.2, 0) is 13.6 Å². The van der Waals surface area contributed by atoms with Crippen LogP contribution < -0.4 is 0 Å². The van der Waals surface area contributed by atoms with Gasteiger partial charge in [-0.15, -0.1) is 0 Å². The first-order valence-electron chi connectivity index (χ1n) is 13.8. The second kappa shape index (κ2) is 21.3. The second-order valence-electron chi connectivity index (χ2n) is 10.7. The molecule has 0 aromatic carbocycles. The first-order chi connectivity index (χ1) is 15.7. The SMILES string of the molecule is CCCCCCCCCCCCCCCCCCCC(CO)OP(=O)(O)OCC[N+](C)(C)C. The summed E-state index contributed by atoms with van der Waals surface area (Å²) in [7, 11) is 1.85. The first kappa shape index (κ1) is 33.0. The summed E-state index contributed by atoms with van der Waals surface area (Å²) in [6.45, 7) is 2.77. The molecule has 0 saturated heterocycles. The Morgan fingerprint density at radius 3 is 1.48 bits per heavy atom. The molecule has 0 bridgehead atoms. The van der Waals surface area contributed by atoms with Crippen molar-refractivity contribution in [2.24, 2.45) is 0 Å². The molecule has 7 heteroatoms. The van der Waals surface area contributed by atoms with Gasteiger partial charge in [-0.2, -0.15) is 0 Å². The van der Waals surface area contributed by atoms with Crippen molar-refractivity contribution >= 4 is 7.82 Å². The van der Waals surface area contributed by atoms with Crippen LogP contribution in [0.5, 0.6) is 0 Å². The third-order valence-corrected chi connectivity index (χ3v) is 7.21. The molecule has 33 heavy (non-hydrogen) atoms. The average molecular weight is 495 g/mol. The Balaban J connectivity index is 3.52. The standard InChI is InChI=1S/C26H56NO5P/c1-5-6-7-8-9-10-11-12-13-14-15-16-17-18-19-20-21-22-26(25-28)32-33(29,30)31-24-23-27(2,3)4/h26,28H,5-25H2,1-4H3/p+1. The smallest absolute Gasteiger partial charge is 0.394 e. The number of likely N-dealkylation sites (N-methyl/N-ethyl adjacent to an activating group) is 1. The van der Waals surface area contributed by atoms with Crippen LogP contribution in [0.1, 0.15) is 122 Å². The van der Waals surface area contributed by atoms with Crippen molar-refractivity contribution in [3.63, 3.8) is 0 Å². The number of unbranched alkanes of at least 4 members (excludes halogenated alkanes) is 16. The minimum absolute atomic E-state index is 0.147. The van der Waals surface area contributed by atoms with E-state index >= 15 is 0 Å². The van der Waals surface area contributed by atoms with E-state index in [-0.39, 0.29) is 13.2 Å². The molecule has 6 nitrogen and oxygen atoms in total. The van der Waals surface area contributed by atoms with Gasteiger partial charge >= 0.3 is 7.82 Å². The number of hydrogen-bond donors (Lipinski definition) is 2. The molecule has 0 saturated carbocycles. The second-order valence-corrected chi connectivity index (χ2v) is 12.1. The quantitative estimate of drug-likeness (QED) is 0.0795. The van der Waals surface area contributed by atoms with E-state index in [1.165, 1.54) is 96.3 Å². The largest absolute Gasteiger partial charge is 0.472 e. The number of aliphatic hydroxyl groups is 1. The van der Waals surface area contributed by atoms with Gasteiger partial charge in [0, 0.05) is 0 Å². The van der Waals surface area contributed by atoms with E-state index in [9.17, 15) is 14.6 Å². The van der Waals surface area contributed by atoms with Gasteiger partial charge in [-0.05, 0) is 6.42 Å². The lowest BCUT2D eigenvalue weighted by Crippen LogP contribution is -2.37. The van der Waals surface area contributed by atoms with Crippen LogP contribution in [0, 0.1) is 0 Å². The fraction of sp³-hybridized carbons (Fsp3) is 1.00. The molecule has 0 rings (SSSR count). The van der Waals surface area contributed by atoms with Crippen molar-refractivity contribution in [2.75, 3.05) is 40.9 Å². The number of phosphoric acid groups is 1. The Morgan fingerprint density at radius 1 is 0.727 bits per heavy atom. The molecule has 200 valence electrons. The van der Waals surface area contributed by atoms with Gasteiger partial charge in [0.25, 0.3) is 0 Å². The molecule has 2 unspecified atom stereocenters. The highest BCUT2D eigenvalue weighted by atomic mass is 31.2. The van der Waals surface area contributed by atoms with Gasteiger partial charge in [0.15, 0.2) is 0 Å². The van der Waals surface area contributed by atoms with Gasteiger partial charge < -0.3 is 14.5 Å². The van der Waals surface area contributed by atoms with Gasteiger partial charge in [0.2, 0.25) is 0 Å². The summed E-state index contributed by atoms with van der Waals surface area (Å²) in [5.74, 6) is 0. The highest BCUT2D eigenvalue weighted by Crippen LogP contribution is 2.45. The maximum absolute atomic E-state index is 12.0. The Morgan fingerprint density at radius 2 is 1.12 bits per heavy atom. The van der Waals surface area contributed by atoms with Crippen molar-refractivity contribution in [3.8, 4) is 0 Å². The minimum Gasteiger partial charge on any atom is -0.394 e. The maximum atomic E-state index is 12.0. The molecule has 2 atom stereocenters. The molecule has 0 aliphatic rings. The predicted octanol–water partition coefficient (Wildman–Crippen LogP) is 7.23. The molecule has 0 spiro atoms. The molecule has 2 N–H and O–H groups in total. The van der Waals surface area contributed by atoms with E-state index in [0.717, 1.165) is 12.8 Å². The topological polar surface area (TPSA) is 76.0 Å². The third-order valence-electron chi connectivity index (χ3n) is 6.13. The van der Waals surface area contributed by atoms with E-state index in [1.54, 1.807) is 0 Å². The van der Waals surface area contributed by atoms with Crippen LogP contribution in [0.15, 0.2) is 0 Å². The van der Waals surface area contributed by atoms with E-state index in [0.29, 0.717) is 17.4 Å². The molecule has 0 aliphatic carbocycles. The van der Waals surface area contributed by atoms with Gasteiger partial charge in [0.1, 0.15) is 13.2 Å². The molecule has 0 aliphatic heterocycles. The monoisotopic (exact) mass is 494 g/mol. The van der Waals surface area contributed by atoms with Crippen LogP contribution >= 0.6 is 7.82 Å². The molecule has 0 heterocycles. The van der Waals surface area contributed by atoms with Crippen molar-refractivity contribution in [1.82, 2.24) is 0 Å². The zero-order valence-electron chi connectivity index (χ0n) is 22.4. The minimum atomic E-state index is -4.11. The van der Waals surface area contributed by atoms with E-state index in [1.807, 2.05) is 21.1 Å². The summed E-state index contributed by atoms with van der Waals surface area (Å²) in [5.41, 5.74) is 0. The van der Waals surface area contributed by atoms with Crippen LogP contribution in [0.25, 0.3) is 0 Å². The molecular weight excluding hydrogens is 437 g/mol. The lowest BCUT2D eigenvalue weighted by molar-refractivity contribution is -0.870. The van der Waals surface area contributed by atoms with Gasteiger partial charge in [-0.25, -0.2) is 4.57 Å². The lowest BCUT2D eigenvalue weighted by Gasteiger charge is -2.24. The Hall–Kier alpha value is 0.0300. The van der Waals surface area contributed by atoms with Crippen molar-refractivity contribution in [1.29, 1.82) is 0 Å². The van der Waals surface area contributed by atoms with Crippen LogP contribution in [0.4, 0.5) is 0 Å². The summed E-state index contributed by atoms with van der Waals surface area (Å²) in [6, 6.07) is 0. The summed E-state index contributed by atoms with van der Waals surface area (Å²) in [5, 5.41) is 9.46. The van der Waals surface area contributed by atoms with Gasteiger partial charge in [-0.3, -0.25) is 9.05 Å². The Kier molecular flexibility index (Phi) is 21.3. The Bertz CT molecular complexity index is 470. The highest BCUT2D eigenvalue weighted by molar-refractivity contribution is 7.47.